The average Bonchev–Trinajstić information content (AvgIpc) is 2.61. The number of ether oxygens (including phenoxy) is 1. The van der Waals surface area contributed by atoms with E-state index in [4.69, 9.17) is 4.74 Å². The highest BCUT2D eigenvalue weighted by molar-refractivity contribution is 6.39. The van der Waals surface area contributed by atoms with Crippen LogP contribution in [0.3, 0.4) is 0 Å². The number of anilines is 1. The number of carbonyl (C=O) groups excluding carboxylic acids is 3. The Balaban J connectivity index is 2.00. The summed E-state index contributed by atoms with van der Waals surface area (Å²) in [5.41, 5.74) is 0.0373. The first-order chi connectivity index (χ1) is 12.5. The van der Waals surface area contributed by atoms with Crippen molar-refractivity contribution in [1.29, 1.82) is 0 Å². The standard InChI is InChI=1S/C19H15FN2O4/c1-2-26-13-7-5-6-12(10-13)11-14-17(23)21-19(25)22(18(14)24)16-9-4-3-8-15(16)20/h3-11H,2H2,1H3,(H,21,23,25)/b14-11-. The smallest absolute Gasteiger partial charge is 0.336 e. The number of nitrogens with zero attached hydrogens (tertiary/aromatic N) is 1. The van der Waals surface area contributed by atoms with Crippen molar-refractivity contribution in [2.75, 3.05) is 11.5 Å². The monoisotopic (exact) mass is 354 g/mol. The number of carbonyl (C=O) groups is 3. The van der Waals surface area contributed by atoms with Crippen LogP contribution in [0.5, 0.6) is 5.75 Å². The minimum atomic E-state index is -0.995. The number of barbiturate groups is 1. The van der Waals surface area contributed by atoms with Crippen molar-refractivity contribution < 1.29 is 23.5 Å². The SMILES string of the molecule is CCOc1cccc(/C=C2/C(=O)NC(=O)N(c3ccccc3F)C2=O)c1. The molecule has 1 heterocycles. The molecule has 1 fully saturated rings. The molecule has 3 rings (SSSR count). The average molecular weight is 354 g/mol. The van der Waals surface area contributed by atoms with Gasteiger partial charge in [0.25, 0.3) is 11.8 Å². The summed E-state index contributed by atoms with van der Waals surface area (Å²) < 4.78 is 19.4. The topological polar surface area (TPSA) is 75.7 Å². The number of imide groups is 2. The minimum absolute atomic E-state index is 0.225. The first-order valence-corrected chi connectivity index (χ1v) is 7.90. The summed E-state index contributed by atoms with van der Waals surface area (Å²) in [7, 11) is 0. The van der Waals surface area contributed by atoms with E-state index in [1.165, 1.54) is 24.3 Å². The number of halogens is 1. The molecular formula is C19H15FN2O4. The van der Waals surface area contributed by atoms with Crippen molar-refractivity contribution in [3.63, 3.8) is 0 Å². The summed E-state index contributed by atoms with van der Waals surface area (Å²) >= 11 is 0. The highest BCUT2D eigenvalue weighted by atomic mass is 19.1. The Morgan fingerprint density at radius 3 is 2.62 bits per heavy atom. The molecule has 0 bridgehead atoms. The molecule has 0 saturated carbocycles. The van der Waals surface area contributed by atoms with Gasteiger partial charge in [-0.3, -0.25) is 14.9 Å². The first kappa shape index (κ1) is 17.3. The van der Waals surface area contributed by atoms with Crippen LogP contribution < -0.4 is 15.0 Å². The number of nitrogens with one attached hydrogen (secondary N) is 1. The molecular weight excluding hydrogens is 339 g/mol. The van der Waals surface area contributed by atoms with Crippen LogP contribution in [0.1, 0.15) is 12.5 Å². The fourth-order valence-electron chi connectivity index (χ4n) is 2.54. The van der Waals surface area contributed by atoms with Crippen LogP contribution >= 0.6 is 0 Å². The third-order valence-corrected chi connectivity index (χ3v) is 3.68. The fraction of sp³-hybridized carbons (Fsp3) is 0.105. The Morgan fingerprint density at radius 1 is 1.12 bits per heavy atom. The molecule has 1 saturated heterocycles. The molecule has 0 aromatic heterocycles. The van der Waals surface area contributed by atoms with Crippen LogP contribution in [0.15, 0.2) is 54.1 Å². The summed E-state index contributed by atoms with van der Waals surface area (Å²) in [6.45, 7) is 2.30. The molecule has 26 heavy (non-hydrogen) atoms. The molecule has 2 aromatic rings. The molecule has 7 heteroatoms. The Morgan fingerprint density at radius 2 is 1.88 bits per heavy atom. The molecule has 6 nitrogen and oxygen atoms in total. The van der Waals surface area contributed by atoms with Crippen molar-refractivity contribution >= 4 is 29.6 Å². The van der Waals surface area contributed by atoms with Crippen LogP contribution in [0, 0.1) is 5.82 Å². The Labute approximate surface area is 148 Å². The second kappa shape index (κ2) is 7.18. The van der Waals surface area contributed by atoms with Crippen LogP contribution in [-0.4, -0.2) is 24.5 Å². The van der Waals surface area contributed by atoms with Gasteiger partial charge in [0.2, 0.25) is 0 Å². The lowest BCUT2D eigenvalue weighted by Crippen LogP contribution is -2.54. The molecule has 0 radical (unpaired) electrons. The van der Waals surface area contributed by atoms with E-state index in [0.29, 0.717) is 22.8 Å². The van der Waals surface area contributed by atoms with Crippen molar-refractivity contribution in [3.05, 3.63) is 65.5 Å². The maximum absolute atomic E-state index is 14.0. The quantitative estimate of drug-likeness (QED) is 0.677. The van der Waals surface area contributed by atoms with E-state index in [-0.39, 0.29) is 11.3 Å². The van der Waals surface area contributed by atoms with E-state index >= 15 is 0 Å². The van der Waals surface area contributed by atoms with Crippen LogP contribution in [0.4, 0.5) is 14.9 Å². The number of benzene rings is 2. The summed E-state index contributed by atoms with van der Waals surface area (Å²) in [5.74, 6) is -1.91. The lowest BCUT2D eigenvalue weighted by atomic mass is 10.1. The largest absolute Gasteiger partial charge is 0.494 e. The molecule has 4 amide bonds. The lowest BCUT2D eigenvalue weighted by molar-refractivity contribution is -0.122. The van der Waals surface area contributed by atoms with Crippen molar-refractivity contribution in [2.45, 2.75) is 6.92 Å². The maximum Gasteiger partial charge on any atom is 0.336 e. The molecule has 1 aliphatic heterocycles. The predicted octanol–water partition coefficient (Wildman–Crippen LogP) is 2.89. The van der Waals surface area contributed by atoms with Crippen molar-refractivity contribution in [1.82, 2.24) is 5.32 Å². The van der Waals surface area contributed by atoms with Gasteiger partial charge in [-0.2, -0.15) is 0 Å². The zero-order valence-corrected chi connectivity index (χ0v) is 13.9. The summed E-state index contributed by atoms with van der Waals surface area (Å²) in [6.07, 6.45) is 1.33. The normalized spacial score (nSPS) is 16.0. The number of para-hydroxylation sites is 1. The number of amides is 4. The molecule has 132 valence electrons. The molecule has 2 aromatic carbocycles. The highest BCUT2D eigenvalue weighted by Crippen LogP contribution is 2.25. The molecule has 0 spiro atoms. The van der Waals surface area contributed by atoms with E-state index in [0.717, 1.165) is 6.07 Å². The van der Waals surface area contributed by atoms with Gasteiger partial charge in [-0.05, 0) is 42.8 Å². The van der Waals surface area contributed by atoms with Crippen LogP contribution in [-0.2, 0) is 9.59 Å². The van der Waals surface area contributed by atoms with E-state index < -0.39 is 23.7 Å². The van der Waals surface area contributed by atoms with Gasteiger partial charge in [0.05, 0.1) is 12.3 Å². The van der Waals surface area contributed by atoms with Crippen LogP contribution in [0.2, 0.25) is 0 Å². The third-order valence-electron chi connectivity index (χ3n) is 3.68. The molecule has 1 aliphatic rings. The number of rotatable bonds is 4. The summed E-state index contributed by atoms with van der Waals surface area (Å²) in [5, 5.41) is 2.06. The van der Waals surface area contributed by atoms with Crippen molar-refractivity contribution in [3.8, 4) is 5.75 Å². The first-order valence-electron chi connectivity index (χ1n) is 7.90. The molecule has 0 unspecified atom stereocenters. The van der Waals surface area contributed by atoms with Crippen LogP contribution in [0.25, 0.3) is 6.08 Å². The van der Waals surface area contributed by atoms with Crippen molar-refractivity contribution in [2.24, 2.45) is 0 Å². The van der Waals surface area contributed by atoms with E-state index in [1.54, 1.807) is 24.3 Å². The summed E-state index contributed by atoms with van der Waals surface area (Å²) in [6, 6.07) is 11.1. The Hall–Kier alpha value is -3.48. The number of urea groups is 1. The number of hydrogen-bond donors (Lipinski definition) is 1. The Kier molecular flexibility index (Phi) is 4.79. The van der Waals surface area contributed by atoms with Gasteiger partial charge < -0.3 is 4.74 Å². The number of hydrogen-bond acceptors (Lipinski definition) is 4. The van der Waals surface area contributed by atoms with Gasteiger partial charge in [-0.15, -0.1) is 0 Å². The molecule has 1 N–H and O–H groups in total. The highest BCUT2D eigenvalue weighted by Gasteiger charge is 2.37. The fourth-order valence-corrected chi connectivity index (χ4v) is 2.54. The minimum Gasteiger partial charge on any atom is -0.494 e. The Bertz CT molecular complexity index is 923. The maximum atomic E-state index is 14.0. The van der Waals surface area contributed by atoms with E-state index in [9.17, 15) is 18.8 Å². The molecule has 0 atom stereocenters. The van der Waals surface area contributed by atoms with E-state index in [2.05, 4.69) is 5.32 Å². The zero-order valence-electron chi connectivity index (χ0n) is 13.9. The molecule has 0 aliphatic carbocycles. The van der Waals surface area contributed by atoms with Gasteiger partial charge in [0.15, 0.2) is 0 Å². The predicted molar refractivity (Wildman–Crippen MR) is 93.0 cm³/mol. The van der Waals surface area contributed by atoms with Gasteiger partial charge in [0.1, 0.15) is 17.1 Å². The second-order valence-corrected chi connectivity index (χ2v) is 5.41. The third kappa shape index (κ3) is 3.32. The summed E-state index contributed by atoms with van der Waals surface area (Å²) in [4.78, 5) is 37.5. The zero-order chi connectivity index (χ0) is 18.7. The van der Waals surface area contributed by atoms with Gasteiger partial charge in [-0.25, -0.2) is 14.1 Å². The van der Waals surface area contributed by atoms with Gasteiger partial charge >= 0.3 is 6.03 Å². The van der Waals surface area contributed by atoms with Gasteiger partial charge in [-0.1, -0.05) is 24.3 Å². The van der Waals surface area contributed by atoms with Gasteiger partial charge in [0, 0.05) is 0 Å². The lowest BCUT2D eigenvalue weighted by Gasteiger charge is -2.26. The second-order valence-electron chi connectivity index (χ2n) is 5.41. The van der Waals surface area contributed by atoms with E-state index in [1.807, 2.05) is 6.92 Å².